The van der Waals surface area contributed by atoms with Crippen LogP contribution >= 0.6 is 0 Å². The zero-order chi connectivity index (χ0) is 11.6. The molecule has 0 bridgehead atoms. The summed E-state index contributed by atoms with van der Waals surface area (Å²) < 4.78 is 74.2. The molecule has 0 heterocycles. The van der Waals surface area contributed by atoms with Crippen LogP contribution in [-0.2, 0) is 6.42 Å². The number of hydrogen-bond donors (Lipinski definition) is 0. The standard InChI is InChI=1S/C9H5F6/c10-5-3-6(11)9(15)4(8(5)14)1-2-7(12)13/h7H,1-2H2. The SMILES string of the molecule is Fc1[c]c(F)c(F)c(CCC(F)F)c1F. The molecule has 1 aromatic rings. The Bertz CT molecular complexity index is 334. The molecule has 0 N–H and O–H groups in total. The molecule has 0 atom stereocenters. The summed E-state index contributed by atoms with van der Waals surface area (Å²) in [5, 5.41) is 0. The van der Waals surface area contributed by atoms with E-state index >= 15 is 0 Å². The molecule has 0 saturated heterocycles. The van der Waals surface area contributed by atoms with Crippen LogP contribution in [0.15, 0.2) is 0 Å². The summed E-state index contributed by atoms with van der Waals surface area (Å²) >= 11 is 0. The monoisotopic (exact) mass is 227 g/mol. The molecule has 1 aromatic carbocycles. The Morgan fingerprint density at radius 1 is 0.933 bits per heavy atom. The van der Waals surface area contributed by atoms with Crippen molar-refractivity contribution in [2.75, 3.05) is 0 Å². The van der Waals surface area contributed by atoms with Crippen molar-refractivity contribution in [2.24, 2.45) is 0 Å². The Labute approximate surface area is 81.5 Å². The molecule has 0 spiro atoms. The van der Waals surface area contributed by atoms with E-state index in [1.54, 1.807) is 0 Å². The van der Waals surface area contributed by atoms with Gasteiger partial charge in [0.25, 0.3) is 0 Å². The van der Waals surface area contributed by atoms with Crippen LogP contribution in [0.5, 0.6) is 0 Å². The topological polar surface area (TPSA) is 0 Å². The Morgan fingerprint density at radius 2 is 1.40 bits per heavy atom. The van der Waals surface area contributed by atoms with Gasteiger partial charge in [-0.1, -0.05) is 0 Å². The minimum absolute atomic E-state index is 0.766. The van der Waals surface area contributed by atoms with E-state index in [1.807, 2.05) is 0 Å². The number of rotatable bonds is 3. The van der Waals surface area contributed by atoms with E-state index in [0.29, 0.717) is 0 Å². The van der Waals surface area contributed by atoms with Gasteiger partial charge in [-0.25, -0.2) is 26.3 Å². The van der Waals surface area contributed by atoms with E-state index in [0.717, 1.165) is 6.07 Å². The van der Waals surface area contributed by atoms with Crippen LogP contribution in [0, 0.1) is 29.3 Å². The summed E-state index contributed by atoms with van der Waals surface area (Å²) in [5.74, 6) is -6.76. The second kappa shape index (κ2) is 4.55. The Balaban J connectivity index is 3.04. The fraction of sp³-hybridized carbons (Fsp3) is 0.333. The van der Waals surface area contributed by atoms with Crippen LogP contribution in [0.4, 0.5) is 26.3 Å². The third kappa shape index (κ3) is 2.64. The van der Waals surface area contributed by atoms with Crippen LogP contribution in [-0.4, -0.2) is 6.43 Å². The van der Waals surface area contributed by atoms with Gasteiger partial charge in [0, 0.05) is 12.0 Å². The molecule has 1 rings (SSSR count). The lowest BCUT2D eigenvalue weighted by molar-refractivity contribution is 0.137. The third-order valence-electron chi connectivity index (χ3n) is 1.75. The molecule has 0 unspecified atom stereocenters. The summed E-state index contributed by atoms with van der Waals surface area (Å²) in [6, 6.07) is 1.16. The molecule has 6 heteroatoms. The maximum Gasteiger partial charge on any atom is 0.239 e. The number of halogens is 6. The molecule has 15 heavy (non-hydrogen) atoms. The van der Waals surface area contributed by atoms with Gasteiger partial charge in [-0.3, -0.25) is 0 Å². The molecule has 0 fully saturated rings. The van der Waals surface area contributed by atoms with Crippen molar-refractivity contribution in [3.63, 3.8) is 0 Å². The highest BCUT2D eigenvalue weighted by Gasteiger charge is 2.20. The van der Waals surface area contributed by atoms with E-state index in [-0.39, 0.29) is 0 Å². The summed E-state index contributed by atoms with van der Waals surface area (Å²) in [6.07, 6.45) is -4.42. The van der Waals surface area contributed by atoms with Crippen molar-refractivity contribution in [2.45, 2.75) is 19.3 Å². The largest absolute Gasteiger partial charge is 0.239 e. The number of alkyl halides is 2. The summed E-state index contributed by atoms with van der Waals surface area (Å²) in [5.41, 5.74) is -1.01. The maximum absolute atomic E-state index is 12.8. The minimum atomic E-state index is -2.79. The molecule has 0 aliphatic heterocycles. The molecule has 0 nitrogen and oxygen atoms in total. The van der Waals surface area contributed by atoms with Crippen molar-refractivity contribution >= 4 is 0 Å². The average molecular weight is 227 g/mol. The Kier molecular flexibility index (Phi) is 3.60. The zero-order valence-corrected chi connectivity index (χ0v) is 7.26. The van der Waals surface area contributed by atoms with Gasteiger partial charge in [0.05, 0.1) is 6.07 Å². The van der Waals surface area contributed by atoms with Gasteiger partial charge in [0.1, 0.15) is 0 Å². The van der Waals surface area contributed by atoms with Gasteiger partial charge in [-0.2, -0.15) is 0 Å². The second-order valence-corrected chi connectivity index (χ2v) is 2.79. The van der Waals surface area contributed by atoms with Crippen LogP contribution in [0.3, 0.4) is 0 Å². The van der Waals surface area contributed by atoms with Gasteiger partial charge in [0.2, 0.25) is 6.43 Å². The van der Waals surface area contributed by atoms with Gasteiger partial charge in [-0.15, -0.1) is 0 Å². The highest BCUT2D eigenvalue weighted by Crippen LogP contribution is 2.21. The molecule has 0 amide bonds. The van der Waals surface area contributed by atoms with Crippen LogP contribution in [0.25, 0.3) is 0 Å². The molecule has 0 saturated carbocycles. The van der Waals surface area contributed by atoms with Crippen molar-refractivity contribution in [1.29, 1.82) is 0 Å². The van der Waals surface area contributed by atoms with Gasteiger partial charge in [-0.05, 0) is 6.42 Å². The predicted octanol–water partition coefficient (Wildman–Crippen LogP) is 3.24. The van der Waals surface area contributed by atoms with E-state index in [9.17, 15) is 26.3 Å². The molecule has 0 aliphatic rings. The van der Waals surface area contributed by atoms with Crippen molar-refractivity contribution in [1.82, 2.24) is 0 Å². The zero-order valence-electron chi connectivity index (χ0n) is 7.26. The van der Waals surface area contributed by atoms with Crippen molar-refractivity contribution in [3.05, 3.63) is 34.9 Å². The smallest absolute Gasteiger partial charge is 0.211 e. The third-order valence-corrected chi connectivity index (χ3v) is 1.75. The van der Waals surface area contributed by atoms with Gasteiger partial charge >= 0.3 is 0 Å². The number of hydrogen-bond acceptors (Lipinski definition) is 0. The second-order valence-electron chi connectivity index (χ2n) is 2.79. The Hall–Kier alpha value is -1.20. The summed E-state index contributed by atoms with van der Waals surface area (Å²) in [7, 11) is 0. The molecular formula is C9H5F6. The first-order chi connectivity index (χ1) is 6.93. The fourth-order valence-corrected chi connectivity index (χ4v) is 1.04. The normalized spacial score (nSPS) is 11.1. The van der Waals surface area contributed by atoms with Crippen molar-refractivity contribution < 1.29 is 26.3 Å². The lowest BCUT2D eigenvalue weighted by atomic mass is 10.1. The highest BCUT2D eigenvalue weighted by molar-refractivity contribution is 5.21. The first-order valence-electron chi connectivity index (χ1n) is 3.95. The summed E-state index contributed by atoms with van der Waals surface area (Å²) in [4.78, 5) is 0. The van der Waals surface area contributed by atoms with E-state index < -0.39 is 48.1 Å². The average Bonchev–Trinajstić information content (AvgIpc) is 2.14. The molecule has 83 valence electrons. The quantitative estimate of drug-likeness (QED) is 0.549. The van der Waals surface area contributed by atoms with E-state index in [2.05, 4.69) is 0 Å². The maximum atomic E-state index is 12.8. The summed E-state index contributed by atoms with van der Waals surface area (Å²) in [6.45, 7) is 0. The predicted molar refractivity (Wildman–Crippen MR) is 39.4 cm³/mol. The molecule has 0 aliphatic carbocycles. The van der Waals surface area contributed by atoms with Gasteiger partial charge < -0.3 is 0 Å². The highest BCUT2D eigenvalue weighted by atomic mass is 19.3. The molecule has 1 radical (unpaired) electrons. The van der Waals surface area contributed by atoms with Crippen molar-refractivity contribution in [3.8, 4) is 0 Å². The van der Waals surface area contributed by atoms with Crippen LogP contribution < -0.4 is 0 Å². The van der Waals surface area contributed by atoms with E-state index in [4.69, 9.17) is 0 Å². The minimum Gasteiger partial charge on any atom is -0.211 e. The lowest BCUT2D eigenvalue weighted by Gasteiger charge is -2.05. The van der Waals surface area contributed by atoms with Gasteiger partial charge in [0.15, 0.2) is 23.3 Å². The Morgan fingerprint density at radius 3 is 1.80 bits per heavy atom. The number of benzene rings is 1. The lowest BCUT2D eigenvalue weighted by Crippen LogP contribution is -2.05. The molecular weight excluding hydrogens is 222 g/mol. The first-order valence-corrected chi connectivity index (χ1v) is 3.95. The molecule has 0 aromatic heterocycles. The van der Waals surface area contributed by atoms with E-state index in [1.165, 1.54) is 0 Å². The fourth-order valence-electron chi connectivity index (χ4n) is 1.04. The van der Waals surface area contributed by atoms with Crippen LogP contribution in [0.2, 0.25) is 0 Å². The first kappa shape index (κ1) is 11.9. The van der Waals surface area contributed by atoms with Crippen LogP contribution in [0.1, 0.15) is 12.0 Å².